The Balaban J connectivity index is 1.62. The number of aromatic nitrogens is 1. The molecule has 1 saturated carbocycles. The van der Waals surface area contributed by atoms with E-state index >= 15 is 0 Å². The first-order valence-electron chi connectivity index (χ1n) is 11.8. The van der Waals surface area contributed by atoms with E-state index in [1.807, 2.05) is 0 Å². The molecule has 1 N–H and O–H groups in total. The van der Waals surface area contributed by atoms with Crippen LogP contribution in [0.2, 0.25) is 0 Å². The molecule has 2 amide bonds. The number of nitrogens with one attached hydrogen (secondary N) is 1. The highest BCUT2D eigenvalue weighted by molar-refractivity contribution is 5.97. The van der Waals surface area contributed by atoms with Gasteiger partial charge in [-0.25, -0.2) is 8.78 Å². The molecule has 2 heterocycles. The molecule has 2 fully saturated rings. The summed E-state index contributed by atoms with van der Waals surface area (Å²) in [6.07, 6.45) is -7.88. The van der Waals surface area contributed by atoms with Gasteiger partial charge in [0, 0.05) is 17.8 Å². The number of benzene rings is 1. The molecular formula is C25H23F8N3O2. The lowest BCUT2D eigenvalue weighted by atomic mass is 9.98. The topological polar surface area (TPSA) is 62.3 Å². The number of amides is 2. The van der Waals surface area contributed by atoms with Gasteiger partial charge in [-0.3, -0.25) is 14.6 Å². The molecular weight excluding hydrogens is 526 g/mol. The summed E-state index contributed by atoms with van der Waals surface area (Å²) in [6.45, 7) is 3.35. The zero-order valence-corrected chi connectivity index (χ0v) is 20.1. The molecule has 0 spiro atoms. The highest BCUT2D eigenvalue weighted by Gasteiger charge is 2.46. The molecule has 1 aliphatic heterocycles. The Labute approximate surface area is 212 Å². The van der Waals surface area contributed by atoms with Gasteiger partial charge >= 0.3 is 12.4 Å². The molecule has 4 rings (SSSR count). The summed E-state index contributed by atoms with van der Waals surface area (Å²) in [5.74, 6) is -5.34. The minimum Gasteiger partial charge on any atom is -0.347 e. The Bertz CT molecular complexity index is 1240. The van der Waals surface area contributed by atoms with Crippen LogP contribution in [0, 0.1) is 23.5 Å². The normalized spacial score (nSPS) is 22.9. The molecule has 1 aromatic carbocycles. The standard InChI is InChI=1S/C25H23F8N3O2/c1-11-7-20(36(12(11)2)23(38)19-8-14(5-6-34-19)24(28,29)30)22(37)35-21(13-3-4-13)15-9-18(27)16(10-17(15)26)25(31,32)33/h5-6,8-13,20-21H,3-4,7H2,1-2H3,(H,35,37)/t11-,12-,20-,21-/m1/s1. The number of carbonyl (C=O) groups excluding carboxylic acids is 2. The zero-order chi connectivity index (χ0) is 28.2. The molecule has 0 unspecified atom stereocenters. The number of hydrogen-bond acceptors (Lipinski definition) is 3. The molecule has 2 aromatic rings. The lowest BCUT2D eigenvalue weighted by Gasteiger charge is -2.30. The van der Waals surface area contributed by atoms with E-state index in [2.05, 4.69) is 10.3 Å². The maximum Gasteiger partial charge on any atom is 0.419 e. The summed E-state index contributed by atoms with van der Waals surface area (Å²) in [7, 11) is 0. The summed E-state index contributed by atoms with van der Waals surface area (Å²) in [6, 6.07) is -1.16. The Hall–Kier alpha value is -3.25. The number of rotatable bonds is 5. The summed E-state index contributed by atoms with van der Waals surface area (Å²) < 4.78 is 107. The van der Waals surface area contributed by atoms with Crippen molar-refractivity contribution in [3.63, 3.8) is 0 Å². The van der Waals surface area contributed by atoms with E-state index in [4.69, 9.17) is 0 Å². The van der Waals surface area contributed by atoms with E-state index in [1.165, 1.54) is 0 Å². The summed E-state index contributed by atoms with van der Waals surface area (Å²) >= 11 is 0. The van der Waals surface area contributed by atoms with Crippen LogP contribution in [0.25, 0.3) is 0 Å². The third-order valence-electron chi connectivity index (χ3n) is 7.15. The molecule has 0 radical (unpaired) electrons. The predicted octanol–water partition coefficient (Wildman–Crippen LogP) is 5.90. The fourth-order valence-corrected chi connectivity index (χ4v) is 4.78. The van der Waals surface area contributed by atoms with Gasteiger partial charge in [0.1, 0.15) is 23.4 Å². The van der Waals surface area contributed by atoms with Gasteiger partial charge in [0.15, 0.2) is 0 Å². The summed E-state index contributed by atoms with van der Waals surface area (Å²) in [5, 5.41) is 2.56. The molecule has 206 valence electrons. The number of alkyl halides is 6. The first kappa shape index (κ1) is 27.8. The molecule has 38 heavy (non-hydrogen) atoms. The van der Waals surface area contributed by atoms with Crippen LogP contribution < -0.4 is 5.32 Å². The second kappa shape index (κ2) is 9.81. The Morgan fingerprint density at radius 3 is 2.24 bits per heavy atom. The Morgan fingerprint density at radius 2 is 1.66 bits per heavy atom. The fraction of sp³-hybridized carbons (Fsp3) is 0.480. The number of carbonyl (C=O) groups is 2. The average Bonchev–Trinajstić information content (AvgIpc) is 3.62. The van der Waals surface area contributed by atoms with Crippen molar-refractivity contribution >= 4 is 11.8 Å². The maximum absolute atomic E-state index is 14.7. The molecule has 1 saturated heterocycles. The van der Waals surface area contributed by atoms with E-state index in [-0.39, 0.29) is 24.3 Å². The van der Waals surface area contributed by atoms with E-state index in [9.17, 15) is 44.7 Å². The van der Waals surface area contributed by atoms with Crippen molar-refractivity contribution in [2.24, 2.45) is 11.8 Å². The van der Waals surface area contributed by atoms with Crippen molar-refractivity contribution in [2.45, 2.75) is 63.6 Å². The van der Waals surface area contributed by atoms with Crippen molar-refractivity contribution in [1.29, 1.82) is 0 Å². The van der Waals surface area contributed by atoms with Gasteiger partial charge in [-0.2, -0.15) is 26.3 Å². The summed E-state index contributed by atoms with van der Waals surface area (Å²) in [4.78, 5) is 31.4. The van der Waals surface area contributed by atoms with Crippen LogP contribution in [-0.2, 0) is 17.1 Å². The van der Waals surface area contributed by atoms with Crippen molar-refractivity contribution in [2.75, 3.05) is 0 Å². The monoisotopic (exact) mass is 549 g/mol. The van der Waals surface area contributed by atoms with Crippen LogP contribution in [0.4, 0.5) is 35.1 Å². The van der Waals surface area contributed by atoms with Crippen molar-refractivity contribution in [3.05, 3.63) is 64.5 Å². The highest BCUT2D eigenvalue weighted by atomic mass is 19.4. The Morgan fingerprint density at radius 1 is 1.00 bits per heavy atom. The smallest absolute Gasteiger partial charge is 0.347 e. The molecule has 5 nitrogen and oxygen atoms in total. The number of hydrogen-bond donors (Lipinski definition) is 1. The minimum atomic E-state index is -5.11. The highest BCUT2D eigenvalue weighted by Crippen LogP contribution is 2.44. The van der Waals surface area contributed by atoms with E-state index < -0.39 is 76.3 Å². The van der Waals surface area contributed by atoms with Crippen molar-refractivity contribution in [1.82, 2.24) is 15.2 Å². The van der Waals surface area contributed by atoms with Crippen LogP contribution in [0.3, 0.4) is 0 Å². The zero-order valence-electron chi connectivity index (χ0n) is 20.1. The second-order valence-electron chi connectivity index (χ2n) is 9.78. The van der Waals surface area contributed by atoms with Crippen molar-refractivity contribution < 1.29 is 44.7 Å². The van der Waals surface area contributed by atoms with Crippen LogP contribution in [0.15, 0.2) is 30.5 Å². The predicted molar refractivity (Wildman–Crippen MR) is 117 cm³/mol. The van der Waals surface area contributed by atoms with Gasteiger partial charge in [-0.1, -0.05) is 6.92 Å². The number of likely N-dealkylation sites (tertiary alicyclic amines) is 1. The average molecular weight is 549 g/mol. The third kappa shape index (κ3) is 5.46. The quantitative estimate of drug-likeness (QED) is 0.473. The van der Waals surface area contributed by atoms with E-state index in [1.54, 1.807) is 13.8 Å². The molecule has 1 aliphatic carbocycles. The lowest BCUT2D eigenvalue weighted by Crippen LogP contribution is -2.49. The third-order valence-corrected chi connectivity index (χ3v) is 7.15. The van der Waals surface area contributed by atoms with Gasteiger partial charge in [0.05, 0.1) is 17.2 Å². The summed E-state index contributed by atoms with van der Waals surface area (Å²) in [5.41, 5.74) is -3.84. The van der Waals surface area contributed by atoms with Crippen LogP contribution >= 0.6 is 0 Å². The van der Waals surface area contributed by atoms with Crippen LogP contribution in [-0.4, -0.2) is 33.8 Å². The van der Waals surface area contributed by atoms with Crippen molar-refractivity contribution in [3.8, 4) is 0 Å². The fourth-order valence-electron chi connectivity index (χ4n) is 4.78. The van der Waals surface area contributed by atoms with Gasteiger partial charge < -0.3 is 10.2 Å². The molecule has 1 aromatic heterocycles. The number of nitrogens with zero attached hydrogens (tertiary/aromatic N) is 2. The van der Waals surface area contributed by atoms with Gasteiger partial charge in [0.25, 0.3) is 5.91 Å². The molecule has 13 heteroatoms. The number of pyridine rings is 1. The molecule has 4 atom stereocenters. The van der Waals surface area contributed by atoms with Crippen LogP contribution in [0.1, 0.15) is 66.3 Å². The van der Waals surface area contributed by atoms with Gasteiger partial charge in [-0.15, -0.1) is 0 Å². The molecule has 0 bridgehead atoms. The largest absolute Gasteiger partial charge is 0.419 e. The Kier molecular flexibility index (Phi) is 7.17. The van der Waals surface area contributed by atoms with Crippen LogP contribution in [0.5, 0.6) is 0 Å². The maximum atomic E-state index is 14.7. The first-order chi connectivity index (χ1) is 17.6. The van der Waals surface area contributed by atoms with Gasteiger partial charge in [0.2, 0.25) is 5.91 Å². The first-order valence-corrected chi connectivity index (χ1v) is 11.8. The van der Waals surface area contributed by atoms with Gasteiger partial charge in [-0.05, 0) is 62.3 Å². The second-order valence-corrected chi connectivity index (χ2v) is 9.78. The SMILES string of the molecule is C[C@@H]1C[C@H](C(=O)N[C@@H](c2cc(F)c(C(F)(F)F)cc2F)C2CC2)N(C(=O)c2cc(C(F)(F)F)ccn2)[C@@H]1C. The van der Waals surface area contributed by atoms with E-state index in [0.717, 1.165) is 11.1 Å². The van der Waals surface area contributed by atoms with E-state index in [0.29, 0.717) is 31.0 Å². The lowest BCUT2D eigenvalue weighted by molar-refractivity contribution is -0.140. The minimum absolute atomic E-state index is 0.0427. The molecule has 2 aliphatic rings. The number of halogens is 8.